The second-order valence-electron chi connectivity index (χ2n) is 11.3. The van der Waals surface area contributed by atoms with Crippen LogP contribution in [0, 0.1) is 34.5 Å². The van der Waals surface area contributed by atoms with E-state index in [4.69, 9.17) is 56.9 Å². The Balaban J connectivity index is 0.000000232. The topological polar surface area (TPSA) is 190 Å². The lowest BCUT2D eigenvalue weighted by atomic mass is 10.1. The first-order chi connectivity index (χ1) is 24.8. The highest BCUT2D eigenvalue weighted by Crippen LogP contribution is 2.36. The second kappa shape index (κ2) is 17.4. The van der Waals surface area contributed by atoms with Crippen molar-refractivity contribution in [1.29, 1.82) is 10.5 Å². The molecule has 4 amide bonds. The Labute approximate surface area is 321 Å². The molecule has 2 heterocycles. The van der Waals surface area contributed by atoms with Crippen LogP contribution in [0.5, 0.6) is 0 Å². The number of rotatable bonds is 8. The molecule has 53 heavy (non-hydrogen) atoms. The first kappa shape index (κ1) is 40.4. The molecule has 2 aromatic carbocycles. The molecule has 2 aromatic heterocycles. The number of carbonyl (C=O) groups excluding carboxylic acids is 4. The number of nitriles is 2. The van der Waals surface area contributed by atoms with Gasteiger partial charge in [0, 0.05) is 35.9 Å². The van der Waals surface area contributed by atoms with Gasteiger partial charge in [0.05, 0.1) is 66.3 Å². The third-order valence-corrected chi connectivity index (χ3v) is 8.63. The van der Waals surface area contributed by atoms with Gasteiger partial charge < -0.3 is 21.3 Å². The van der Waals surface area contributed by atoms with Crippen LogP contribution in [-0.2, 0) is 9.59 Å². The molecule has 0 radical (unpaired) electrons. The van der Waals surface area contributed by atoms with E-state index in [1.165, 1.54) is 60.9 Å². The van der Waals surface area contributed by atoms with Gasteiger partial charge in [-0.1, -0.05) is 53.8 Å². The van der Waals surface area contributed by atoms with Gasteiger partial charge >= 0.3 is 0 Å². The minimum absolute atomic E-state index is 0. The molecule has 0 unspecified atom stereocenters. The van der Waals surface area contributed by atoms with Gasteiger partial charge in [-0.2, -0.15) is 10.5 Å². The van der Waals surface area contributed by atoms with Gasteiger partial charge in [-0.25, -0.2) is 18.7 Å². The van der Waals surface area contributed by atoms with Crippen LogP contribution in [0.2, 0.25) is 20.1 Å². The number of benzene rings is 2. The maximum atomic E-state index is 12.9. The molecule has 0 saturated heterocycles. The summed E-state index contributed by atoms with van der Waals surface area (Å²) in [5.41, 5.74) is 1.18. The molecule has 4 atom stereocenters. The predicted molar refractivity (Wildman–Crippen MR) is 197 cm³/mol. The van der Waals surface area contributed by atoms with Crippen molar-refractivity contribution in [2.45, 2.75) is 32.6 Å². The van der Waals surface area contributed by atoms with Gasteiger partial charge in [0.25, 0.3) is 11.8 Å². The first-order valence-corrected chi connectivity index (χ1v) is 16.5. The number of halogens is 6. The summed E-state index contributed by atoms with van der Waals surface area (Å²) in [5.74, 6) is -3.00. The van der Waals surface area contributed by atoms with Crippen LogP contribution in [0.3, 0.4) is 0 Å². The van der Waals surface area contributed by atoms with Crippen molar-refractivity contribution in [3.8, 4) is 12.1 Å². The summed E-state index contributed by atoms with van der Waals surface area (Å²) in [6.07, 6.45) is 0.952. The van der Waals surface area contributed by atoms with Crippen molar-refractivity contribution >= 4 is 93.0 Å². The molecule has 0 aliphatic heterocycles. The summed E-state index contributed by atoms with van der Waals surface area (Å²) in [4.78, 5) is 56.3. The van der Waals surface area contributed by atoms with E-state index in [9.17, 15) is 28.0 Å². The average Bonchev–Trinajstić information content (AvgIpc) is 4.01. The van der Waals surface area contributed by atoms with E-state index >= 15 is 0 Å². The van der Waals surface area contributed by atoms with Crippen LogP contribution in [-0.4, -0.2) is 45.9 Å². The van der Waals surface area contributed by atoms with Gasteiger partial charge in [-0.05, 0) is 49.2 Å². The lowest BCUT2D eigenvalue weighted by Crippen LogP contribution is -2.17. The Morgan fingerprint density at radius 3 is 1.23 bits per heavy atom. The summed E-state index contributed by atoms with van der Waals surface area (Å²) in [7, 11) is 0. The Morgan fingerprint density at radius 1 is 0.623 bits per heavy atom. The molecule has 12 nitrogen and oxygen atoms in total. The molecule has 4 N–H and O–H groups in total. The Hall–Kier alpha value is -5.38. The fourth-order valence-corrected chi connectivity index (χ4v) is 5.88. The highest BCUT2D eigenvalue weighted by molar-refractivity contribution is 6.41. The smallest absolute Gasteiger partial charge is 0.258 e. The highest BCUT2D eigenvalue weighted by atomic mass is 35.5. The molecular weight excluding hydrogens is 776 g/mol. The quantitative estimate of drug-likeness (QED) is 0.137. The SMILES string of the molecule is C.N#Cc1cc(Cl)c(C(=O)Nc2ccnc(NC(=O)[C@@H]3C[C@@H]3F)c2)c(Cl)c1.N#Cc1cc(Cl)c(C(=O)Nc2ccnc(NC(=O)[C@H]3C[C@H]3F)c2)c(Cl)c1. The number of alkyl halides is 2. The molecule has 2 aliphatic rings. The number of hydrogen-bond donors (Lipinski definition) is 4. The molecule has 4 aromatic rings. The van der Waals surface area contributed by atoms with Crippen molar-refractivity contribution in [3.05, 3.63) is 103 Å². The fraction of sp³-hybridized carbons (Fsp3) is 0.200. The van der Waals surface area contributed by atoms with E-state index in [-0.39, 0.29) is 74.2 Å². The first-order valence-electron chi connectivity index (χ1n) is 15.0. The largest absolute Gasteiger partial charge is 0.322 e. The minimum atomic E-state index is -1.11. The lowest BCUT2D eigenvalue weighted by molar-refractivity contribution is -0.118. The van der Waals surface area contributed by atoms with E-state index in [1.807, 2.05) is 12.1 Å². The maximum Gasteiger partial charge on any atom is 0.258 e. The Kier molecular flexibility index (Phi) is 13.3. The van der Waals surface area contributed by atoms with E-state index in [2.05, 4.69) is 31.2 Å². The number of carbonyl (C=O) groups is 4. The van der Waals surface area contributed by atoms with Crippen molar-refractivity contribution in [2.24, 2.45) is 11.8 Å². The highest BCUT2D eigenvalue weighted by Gasteiger charge is 2.44. The molecule has 2 aliphatic carbocycles. The summed E-state index contributed by atoms with van der Waals surface area (Å²) in [5, 5.41) is 28.1. The van der Waals surface area contributed by atoms with Gasteiger partial charge in [-0.3, -0.25) is 19.2 Å². The molecular formula is C35H26Cl4F2N8O4. The van der Waals surface area contributed by atoms with Crippen molar-refractivity contribution in [1.82, 2.24) is 9.97 Å². The normalized spacial score (nSPS) is 17.6. The third kappa shape index (κ3) is 10.4. The molecule has 0 spiro atoms. The zero-order chi connectivity index (χ0) is 37.7. The van der Waals surface area contributed by atoms with Crippen LogP contribution < -0.4 is 21.3 Å². The zero-order valence-corrected chi connectivity index (χ0v) is 29.2. The number of pyridine rings is 2. The minimum Gasteiger partial charge on any atom is -0.322 e. The van der Waals surface area contributed by atoms with E-state index in [0.29, 0.717) is 11.4 Å². The Bertz CT molecular complexity index is 2000. The van der Waals surface area contributed by atoms with Crippen molar-refractivity contribution in [2.75, 3.05) is 21.3 Å². The summed E-state index contributed by atoms with van der Waals surface area (Å²) >= 11 is 24.1. The number of nitrogens with zero attached hydrogens (tertiary/aromatic N) is 4. The van der Waals surface area contributed by atoms with Gasteiger partial charge in [0.1, 0.15) is 24.0 Å². The summed E-state index contributed by atoms with van der Waals surface area (Å²) in [6.45, 7) is 0. The van der Waals surface area contributed by atoms with Gasteiger partial charge in [0.2, 0.25) is 11.8 Å². The number of hydrogen-bond acceptors (Lipinski definition) is 8. The predicted octanol–water partition coefficient (Wildman–Crippen LogP) is 8.25. The van der Waals surface area contributed by atoms with E-state index in [1.54, 1.807) is 0 Å². The summed E-state index contributed by atoms with van der Waals surface area (Å²) < 4.78 is 25.8. The zero-order valence-electron chi connectivity index (χ0n) is 26.2. The third-order valence-electron chi connectivity index (χ3n) is 7.43. The molecule has 18 heteroatoms. The number of aromatic nitrogens is 2. The molecule has 272 valence electrons. The maximum absolute atomic E-state index is 12.9. The fourth-order valence-electron chi connectivity index (χ4n) is 4.56. The molecule has 6 rings (SSSR count). The van der Waals surface area contributed by atoms with Crippen LogP contribution in [0.15, 0.2) is 60.9 Å². The van der Waals surface area contributed by atoms with Crippen LogP contribution in [0.25, 0.3) is 0 Å². The standard InChI is InChI=1S/2C17H11Cl2FN4O2.CH4/c2*18-11-3-8(7-21)4-12(19)15(11)17(26)23-9-1-2-22-14(5-9)24-16(25)10-6-13(10)20;/h2*1-5,10,13H,6H2,(H2,22,23,24,25,26);1H4/t2*10-,13+;/m10./s1. The van der Waals surface area contributed by atoms with E-state index in [0.717, 1.165) is 0 Å². The summed E-state index contributed by atoms with van der Waals surface area (Å²) in [6, 6.07) is 15.0. The van der Waals surface area contributed by atoms with Gasteiger partial charge in [0.15, 0.2) is 0 Å². The molecule has 2 saturated carbocycles. The average molecular weight is 802 g/mol. The van der Waals surface area contributed by atoms with Crippen LogP contribution in [0.4, 0.5) is 31.8 Å². The number of nitrogens with one attached hydrogen (secondary N) is 4. The monoisotopic (exact) mass is 800 g/mol. The molecule has 2 fully saturated rings. The van der Waals surface area contributed by atoms with Crippen LogP contribution in [0.1, 0.15) is 52.1 Å². The van der Waals surface area contributed by atoms with Crippen LogP contribution >= 0.6 is 46.4 Å². The van der Waals surface area contributed by atoms with Crippen molar-refractivity contribution in [3.63, 3.8) is 0 Å². The van der Waals surface area contributed by atoms with Gasteiger partial charge in [-0.15, -0.1) is 0 Å². The second-order valence-corrected chi connectivity index (χ2v) is 12.9. The number of anilines is 4. The molecule has 0 bridgehead atoms. The van der Waals surface area contributed by atoms with E-state index < -0.39 is 47.8 Å². The Morgan fingerprint density at radius 2 is 0.943 bits per heavy atom. The van der Waals surface area contributed by atoms with Crippen molar-refractivity contribution < 1.29 is 28.0 Å². The lowest BCUT2D eigenvalue weighted by Gasteiger charge is -2.10. The number of amides is 4.